The van der Waals surface area contributed by atoms with Gasteiger partial charge >= 0.3 is 5.97 Å². The van der Waals surface area contributed by atoms with Crippen LogP contribution in [0.1, 0.15) is 28.9 Å². The first-order valence-electron chi connectivity index (χ1n) is 6.31. The van der Waals surface area contributed by atoms with Crippen molar-refractivity contribution in [3.05, 3.63) is 15.3 Å². The van der Waals surface area contributed by atoms with E-state index in [-0.39, 0.29) is 26.1 Å². The molecule has 6 nitrogen and oxygen atoms in total. The fourth-order valence-electron chi connectivity index (χ4n) is 2.38. The van der Waals surface area contributed by atoms with E-state index in [2.05, 4.69) is 4.72 Å². The molecular weight excluding hydrogens is 338 g/mol. The number of hydrogen-bond donors (Lipinski definition) is 2. The predicted molar refractivity (Wildman–Crippen MR) is 79.6 cm³/mol. The van der Waals surface area contributed by atoms with Gasteiger partial charge in [0.05, 0.1) is 10.9 Å². The largest absolute Gasteiger partial charge is 0.477 e. The van der Waals surface area contributed by atoms with Gasteiger partial charge < -0.3 is 9.84 Å². The van der Waals surface area contributed by atoms with Crippen molar-refractivity contribution in [3.63, 3.8) is 0 Å². The molecule has 0 saturated heterocycles. The lowest BCUT2D eigenvalue weighted by Gasteiger charge is -2.41. The lowest BCUT2D eigenvalue weighted by Crippen LogP contribution is -2.45. The number of rotatable bonds is 7. The molecule has 0 aliphatic heterocycles. The molecule has 2 rings (SSSR count). The summed E-state index contributed by atoms with van der Waals surface area (Å²) in [5, 5.41) is 9.05. The van der Waals surface area contributed by atoms with Crippen LogP contribution >= 0.6 is 22.9 Å². The van der Waals surface area contributed by atoms with Crippen LogP contribution in [0, 0.1) is 5.41 Å². The minimum Gasteiger partial charge on any atom is -0.477 e. The van der Waals surface area contributed by atoms with E-state index in [1.54, 1.807) is 7.11 Å². The van der Waals surface area contributed by atoms with Crippen LogP contribution in [0.15, 0.2) is 11.0 Å². The first kappa shape index (κ1) is 16.7. The standard InChI is InChI=1S/C12H16ClNO5S2/c1-19-7-12(3-2-4-12)6-14-21(17,18)8-5-9(13)20-10(8)11(15)16/h5,14H,2-4,6-7H2,1H3,(H,15,16). The summed E-state index contributed by atoms with van der Waals surface area (Å²) >= 11 is 6.47. The number of methoxy groups -OCH3 is 1. The summed E-state index contributed by atoms with van der Waals surface area (Å²) in [6.45, 7) is 0.710. The van der Waals surface area contributed by atoms with E-state index in [0.29, 0.717) is 6.61 Å². The number of carboxylic acids is 1. The number of halogens is 1. The first-order valence-corrected chi connectivity index (χ1v) is 8.99. The second kappa shape index (κ2) is 6.21. The molecule has 1 fully saturated rings. The van der Waals surface area contributed by atoms with Crippen molar-refractivity contribution < 1.29 is 23.1 Å². The van der Waals surface area contributed by atoms with Gasteiger partial charge in [0.2, 0.25) is 10.0 Å². The van der Waals surface area contributed by atoms with Gasteiger partial charge in [-0.25, -0.2) is 17.9 Å². The Balaban J connectivity index is 2.17. The molecule has 0 radical (unpaired) electrons. The van der Waals surface area contributed by atoms with Crippen LogP contribution in [0.4, 0.5) is 0 Å². The zero-order valence-electron chi connectivity index (χ0n) is 11.4. The molecule has 118 valence electrons. The van der Waals surface area contributed by atoms with Crippen LogP contribution < -0.4 is 4.72 Å². The van der Waals surface area contributed by atoms with Crippen LogP contribution in [0.2, 0.25) is 4.34 Å². The number of nitrogens with one attached hydrogen (secondary N) is 1. The fourth-order valence-corrected chi connectivity index (χ4v) is 5.18. The molecule has 0 amide bonds. The van der Waals surface area contributed by atoms with Crippen molar-refractivity contribution in [3.8, 4) is 0 Å². The van der Waals surface area contributed by atoms with E-state index in [9.17, 15) is 13.2 Å². The molecule has 1 aliphatic rings. The van der Waals surface area contributed by atoms with Crippen molar-refractivity contribution in [2.45, 2.75) is 24.2 Å². The van der Waals surface area contributed by atoms with E-state index in [1.165, 1.54) is 6.07 Å². The maximum absolute atomic E-state index is 12.3. The Kier molecular flexibility index (Phi) is 4.94. The van der Waals surface area contributed by atoms with Gasteiger partial charge in [0.15, 0.2) is 0 Å². The number of carboxylic acid groups (broad SMARTS) is 1. The quantitative estimate of drug-likeness (QED) is 0.783. The zero-order valence-corrected chi connectivity index (χ0v) is 13.8. The summed E-state index contributed by atoms with van der Waals surface area (Å²) in [7, 11) is -2.32. The summed E-state index contributed by atoms with van der Waals surface area (Å²) in [4.78, 5) is 10.5. The molecule has 1 heterocycles. The van der Waals surface area contributed by atoms with E-state index in [1.807, 2.05) is 0 Å². The number of thiophene rings is 1. The molecule has 1 aromatic rings. The molecule has 1 aliphatic carbocycles. The molecular formula is C12H16ClNO5S2. The molecule has 21 heavy (non-hydrogen) atoms. The van der Waals surface area contributed by atoms with E-state index < -0.39 is 16.0 Å². The molecule has 0 aromatic carbocycles. The number of sulfonamides is 1. The normalized spacial score (nSPS) is 17.4. The highest BCUT2D eigenvalue weighted by Gasteiger charge is 2.38. The SMILES string of the molecule is COCC1(CNS(=O)(=O)c2cc(Cl)sc2C(=O)O)CCC1. The minimum atomic E-state index is -3.90. The third-order valence-corrected chi connectivity index (χ3v) is 6.46. The molecule has 0 bridgehead atoms. The van der Waals surface area contributed by atoms with E-state index in [4.69, 9.17) is 21.4 Å². The average molecular weight is 354 g/mol. The number of aromatic carboxylic acids is 1. The van der Waals surface area contributed by atoms with Gasteiger partial charge in [0.1, 0.15) is 9.77 Å². The highest BCUT2D eigenvalue weighted by Crippen LogP contribution is 2.41. The lowest BCUT2D eigenvalue weighted by molar-refractivity contribution is 0.0220. The van der Waals surface area contributed by atoms with Crippen LogP contribution in [-0.2, 0) is 14.8 Å². The Bertz CT molecular complexity index is 636. The summed E-state index contributed by atoms with van der Waals surface area (Å²) < 4.78 is 32.3. The van der Waals surface area contributed by atoms with Gasteiger partial charge in [-0.3, -0.25) is 0 Å². The molecule has 0 atom stereocenters. The smallest absolute Gasteiger partial charge is 0.347 e. The average Bonchev–Trinajstić information content (AvgIpc) is 2.76. The Labute approximate surface area is 132 Å². The van der Waals surface area contributed by atoms with Gasteiger partial charge in [-0.2, -0.15) is 0 Å². The van der Waals surface area contributed by atoms with E-state index >= 15 is 0 Å². The maximum atomic E-state index is 12.3. The summed E-state index contributed by atoms with van der Waals surface area (Å²) in [6, 6.07) is 1.17. The fraction of sp³-hybridized carbons (Fsp3) is 0.583. The highest BCUT2D eigenvalue weighted by molar-refractivity contribution is 7.89. The molecule has 9 heteroatoms. The van der Waals surface area contributed by atoms with Gasteiger partial charge in [0.25, 0.3) is 0 Å². The lowest BCUT2D eigenvalue weighted by atomic mass is 9.69. The van der Waals surface area contributed by atoms with Crippen molar-refractivity contribution in [1.29, 1.82) is 0 Å². The highest BCUT2D eigenvalue weighted by atomic mass is 35.5. The van der Waals surface area contributed by atoms with E-state index in [0.717, 1.165) is 30.6 Å². The number of ether oxygens (including phenoxy) is 1. The van der Waals surface area contributed by atoms with Crippen molar-refractivity contribution in [2.24, 2.45) is 5.41 Å². The van der Waals surface area contributed by atoms with Crippen molar-refractivity contribution in [2.75, 3.05) is 20.3 Å². The third-order valence-electron chi connectivity index (χ3n) is 3.65. The molecule has 1 aromatic heterocycles. The summed E-state index contributed by atoms with van der Waals surface area (Å²) in [5.74, 6) is -1.30. The molecule has 1 saturated carbocycles. The monoisotopic (exact) mass is 353 g/mol. The maximum Gasteiger partial charge on any atom is 0.347 e. The Morgan fingerprint density at radius 2 is 2.24 bits per heavy atom. The van der Waals surface area contributed by atoms with Gasteiger partial charge in [-0.1, -0.05) is 18.0 Å². The van der Waals surface area contributed by atoms with Gasteiger partial charge in [-0.15, -0.1) is 11.3 Å². The second-order valence-electron chi connectivity index (χ2n) is 5.16. The topological polar surface area (TPSA) is 92.7 Å². The zero-order chi connectivity index (χ0) is 15.7. The van der Waals surface area contributed by atoms with Crippen LogP contribution in [0.5, 0.6) is 0 Å². The third kappa shape index (κ3) is 3.57. The van der Waals surface area contributed by atoms with Crippen LogP contribution in [0.25, 0.3) is 0 Å². The molecule has 0 spiro atoms. The summed E-state index contributed by atoms with van der Waals surface area (Å²) in [5.41, 5.74) is -0.189. The number of carbonyl (C=O) groups is 1. The Morgan fingerprint density at radius 1 is 1.57 bits per heavy atom. The van der Waals surface area contributed by atoms with Gasteiger partial charge in [0, 0.05) is 19.1 Å². The number of hydrogen-bond acceptors (Lipinski definition) is 5. The first-order chi connectivity index (χ1) is 9.80. The van der Waals surface area contributed by atoms with Crippen LogP contribution in [0.3, 0.4) is 0 Å². The predicted octanol–water partition coefficient (Wildman–Crippen LogP) is 2.19. The van der Waals surface area contributed by atoms with Gasteiger partial charge in [-0.05, 0) is 18.9 Å². The Hall–Kier alpha value is -0.670. The molecule has 2 N–H and O–H groups in total. The Morgan fingerprint density at radius 3 is 2.71 bits per heavy atom. The van der Waals surface area contributed by atoms with Crippen molar-refractivity contribution >= 4 is 38.9 Å². The summed E-state index contributed by atoms with van der Waals surface area (Å²) in [6.07, 6.45) is 2.81. The second-order valence-corrected chi connectivity index (χ2v) is 8.58. The minimum absolute atomic E-state index is 0.128. The van der Waals surface area contributed by atoms with Crippen LogP contribution in [-0.4, -0.2) is 39.8 Å². The molecule has 0 unspecified atom stereocenters. The van der Waals surface area contributed by atoms with Crippen molar-refractivity contribution in [1.82, 2.24) is 4.72 Å².